The molecule has 180 valence electrons. The normalized spacial score (nSPS) is 19.4. The van der Waals surface area contributed by atoms with Gasteiger partial charge >= 0.3 is 0 Å². The van der Waals surface area contributed by atoms with Gasteiger partial charge < -0.3 is 13.6 Å². The number of hydrogen-bond acceptors (Lipinski definition) is 1. The van der Waals surface area contributed by atoms with E-state index < -0.39 is 0 Å². The second-order valence-electron chi connectivity index (χ2n) is 10.7. The molecule has 6 aromatic rings. The molecule has 2 unspecified atom stereocenters. The van der Waals surface area contributed by atoms with Crippen LogP contribution in [0.15, 0.2) is 95.5 Å². The van der Waals surface area contributed by atoms with Crippen LogP contribution in [0.5, 0.6) is 0 Å². The van der Waals surface area contributed by atoms with Gasteiger partial charge in [0.25, 0.3) is 0 Å². The lowest BCUT2D eigenvalue weighted by atomic mass is 9.95. The SMILES string of the molecule is CC1C=Cc2c(oc3c(-n4c5ccccc5c5c4c4ccccc4n5C4=CC=CCC4C)cccc23)C1. The zero-order valence-electron chi connectivity index (χ0n) is 21.1. The number of nitrogens with zero attached hydrogens (tertiary/aromatic N) is 2. The Morgan fingerprint density at radius 1 is 0.784 bits per heavy atom. The van der Waals surface area contributed by atoms with Crippen LogP contribution in [0.2, 0.25) is 0 Å². The molecule has 0 bridgehead atoms. The molecule has 0 saturated carbocycles. The highest BCUT2D eigenvalue weighted by atomic mass is 16.3. The van der Waals surface area contributed by atoms with Crippen LogP contribution >= 0.6 is 0 Å². The van der Waals surface area contributed by atoms with Crippen LogP contribution in [0.25, 0.3) is 61.3 Å². The Balaban J connectivity index is 1.55. The van der Waals surface area contributed by atoms with Gasteiger partial charge in [0.05, 0.1) is 27.8 Å². The fourth-order valence-corrected chi connectivity index (χ4v) is 6.54. The highest BCUT2D eigenvalue weighted by Crippen LogP contribution is 2.44. The van der Waals surface area contributed by atoms with E-state index in [2.05, 4.69) is 120 Å². The van der Waals surface area contributed by atoms with Crippen molar-refractivity contribution in [2.45, 2.75) is 26.7 Å². The van der Waals surface area contributed by atoms with Crippen molar-refractivity contribution in [3.05, 3.63) is 102 Å². The number of allylic oxidation sites excluding steroid dienone is 5. The number of para-hydroxylation sites is 3. The summed E-state index contributed by atoms with van der Waals surface area (Å²) in [5, 5.41) is 3.72. The van der Waals surface area contributed by atoms with Crippen LogP contribution < -0.4 is 0 Å². The van der Waals surface area contributed by atoms with E-state index in [0.717, 1.165) is 29.9 Å². The van der Waals surface area contributed by atoms with Crippen molar-refractivity contribution in [1.29, 1.82) is 0 Å². The average Bonchev–Trinajstić information content (AvgIpc) is 3.56. The highest BCUT2D eigenvalue weighted by molar-refractivity contribution is 6.21. The number of rotatable bonds is 2. The van der Waals surface area contributed by atoms with Crippen molar-refractivity contribution in [2.24, 2.45) is 11.8 Å². The van der Waals surface area contributed by atoms with E-state index in [1.54, 1.807) is 0 Å². The Morgan fingerprint density at radius 3 is 2.27 bits per heavy atom. The Morgan fingerprint density at radius 2 is 1.49 bits per heavy atom. The second-order valence-corrected chi connectivity index (χ2v) is 10.7. The molecule has 0 spiro atoms. The number of benzene rings is 3. The fourth-order valence-electron chi connectivity index (χ4n) is 6.54. The van der Waals surface area contributed by atoms with Crippen LogP contribution in [0.3, 0.4) is 0 Å². The van der Waals surface area contributed by atoms with E-state index in [0.29, 0.717) is 11.8 Å². The molecule has 0 amide bonds. The van der Waals surface area contributed by atoms with Gasteiger partial charge in [-0.15, -0.1) is 0 Å². The third-order valence-corrected chi connectivity index (χ3v) is 8.28. The fraction of sp³-hybridized carbons (Fsp3) is 0.176. The summed E-state index contributed by atoms with van der Waals surface area (Å²) in [6.07, 6.45) is 13.3. The van der Waals surface area contributed by atoms with Gasteiger partial charge in [-0.2, -0.15) is 0 Å². The summed E-state index contributed by atoms with van der Waals surface area (Å²) in [7, 11) is 0. The molecule has 3 aromatic carbocycles. The van der Waals surface area contributed by atoms with Crippen molar-refractivity contribution in [1.82, 2.24) is 9.13 Å². The molecule has 2 aliphatic rings. The van der Waals surface area contributed by atoms with E-state index >= 15 is 0 Å². The van der Waals surface area contributed by atoms with Crippen molar-refractivity contribution in [3.8, 4) is 5.69 Å². The van der Waals surface area contributed by atoms with Crippen molar-refractivity contribution in [2.75, 3.05) is 0 Å². The van der Waals surface area contributed by atoms with Gasteiger partial charge in [-0.3, -0.25) is 0 Å². The first-order valence-corrected chi connectivity index (χ1v) is 13.3. The standard InChI is InChI=1S/C34H28N2O/c1-21-18-19-23-24-13-9-17-30(34(24)37-31(23)20-21)36-29-16-8-5-12-26(29)32-33(36)25-11-4-7-15-28(25)35(32)27-14-6-3-10-22(27)2/h3-9,11-19,21-22H,10,20H2,1-2H3. The van der Waals surface area contributed by atoms with E-state index in [4.69, 9.17) is 4.42 Å². The van der Waals surface area contributed by atoms with Crippen LogP contribution in [-0.4, -0.2) is 9.13 Å². The lowest BCUT2D eigenvalue weighted by Gasteiger charge is -2.20. The molecule has 3 heteroatoms. The highest BCUT2D eigenvalue weighted by Gasteiger charge is 2.26. The topological polar surface area (TPSA) is 23.0 Å². The smallest absolute Gasteiger partial charge is 0.158 e. The minimum absolute atomic E-state index is 0.445. The van der Waals surface area contributed by atoms with Crippen LogP contribution in [-0.2, 0) is 6.42 Å². The molecule has 3 aromatic heterocycles. The molecule has 8 rings (SSSR count). The van der Waals surface area contributed by atoms with Gasteiger partial charge in [-0.1, -0.05) is 86.7 Å². The second kappa shape index (κ2) is 7.63. The Bertz CT molecular complexity index is 1960. The molecule has 0 fully saturated rings. The first-order chi connectivity index (χ1) is 18.2. The number of aromatic nitrogens is 2. The molecule has 3 heterocycles. The van der Waals surface area contributed by atoms with Crippen molar-refractivity contribution >= 4 is 55.6 Å². The predicted octanol–water partition coefficient (Wildman–Crippen LogP) is 9.13. The van der Waals surface area contributed by atoms with Crippen molar-refractivity contribution in [3.63, 3.8) is 0 Å². The molecule has 2 aliphatic carbocycles. The molecular weight excluding hydrogens is 452 g/mol. The summed E-state index contributed by atoms with van der Waals surface area (Å²) in [5.41, 5.74) is 9.63. The molecule has 3 nitrogen and oxygen atoms in total. The van der Waals surface area contributed by atoms with Gasteiger partial charge in [0.2, 0.25) is 0 Å². The number of hydrogen-bond donors (Lipinski definition) is 0. The van der Waals surface area contributed by atoms with E-state index in [-0.39, 0.29) is 0 Å². The Hall–Kier alpha value is -4.24. The minimum atomic E-state index is 0.445. The zero-order chi connectivity index (χ0) is 24.7. The summed E-state index contributed by atoms with van der Waals surface area (Å²) in [6.45, 7) is 4.58. The van der Waals surface area contributed by atoms with Gasteiger partial charge in [-0.25, -0.2) is 0 Å². The Labute approximate surface area is 215 Å². The molecule has 0 saturated heterocycles. The molecule has 37 heavy (non-hydrogen) atoms. The van der Waals surface area contributed by atoms with E-state index in [9.17, 15) is 0 Å². The monoisotopic (exact) mass is 480 g/mol. The van der Waals surface area contributed by atoms with Gasteiger partial charge in [0, 0.05) is 39.8 Å². The summed E-state index contributed by atoms with van der Waals surface area (Å²) in [4.78, 5) is 0. The maximum absolute atomic E-state index is 6.67. The van der Waals surface area contributed by atoms with E-state index in [1.165, 1.54) is 49.5 Å². The quantitative estimate of drug-likeness (QED) is 0.242. The molecular formula is C34H28N2O. The lowest BCUT2D eigenvalue weighted by Crippen LogP contribution is -2.07. The third kappa shape index (κ3) is 2.83. The van der Waals surface area contributed by atoms with Gasteiger partial charge in [-0.05, 0) is 36.6 Å². The largest absolute Gasteiger partial charge is 0.458 e. The minimum Gasteiger partial charge on any atom is -0.458 e. The molecule has 0 radical (unpaired) electrons. The summed E-state index contributed by atoms with van der Waals surface area (Å²) in [6, 6.07) is 24.3. The zero-order valence-corrected chi connectivity index (χ0v) is 21.1. The molecule has 0 aliphatic heterocycles. The Kier molecular flexibility index (Phi) is 4.31. The van der Waals surface area contributed by atoms with Crippen LogP contribution in [0, 0.1) is 11.8 Å². The van der Waals surface area contributed by atoms with Crippen LogP contribution in [0.1, 0.15) is 31.6 Å². The summed E-state index contributed by atoms with van der Waals surface area (Å²) >= 11 is 0. The van der Waals surface area contributed by atoms with E-state index in [1.807, 2.05) is 0 Å². The summed E-state index contributed by atoms with van der Waals surface area (Å²) < 4.78 is 11.6. The predicted molar refractivity (Wildman–Crippen MR) is 155 cm³/mol. The molecule has 0 N–H and O–H groups in total. The first kappa shape index (κ1) is 20.9. The number of fused-ring (bicyclic) bond motifs is 8. The maximum atomic E-state index is 6.67. The molecule has 2 atom stereocenters. The average molecular weight is 481 g/mol. The lowest BCUT2D eigenvalue weighted by molar-refractivity contribution is 0.512. The first-order valence-electron chi connectivity index (χ1n) is 13.3. The van der Waals surface area contributed by atoms with Crippen molar-refractivity contribution < 1.29 is 4.42 Å². The van der Waals surface area contributed by atoms with Gasteiger partial charge in [0.15, 0.2) is 5.58 Å². The summed E-state index contributed by atoms with van der Waals surface area (Å²) in [5.74, 6) is 2.04. The maximum Gasteiger partial charge on any atom is 0.158 e. The van der Waals surface area contributed by atoms with Gasteiger partial charge in [0.1, 0.15) is 5.76 Å². The van der Waals surface area contributed by atoms with Crippen LogP contribution in [0.4, 0.5) is 0 Å². The number of furan rings is 1. The third-order valence-electron chi connectivity index (χ3n) is 8.28.